The molecule has 0 spiro atoms. The zero-order valence-corrected chi connectivity index (χ0v) is 16.7. The number of rotatable bonds is 5. The minimum absolute atomic E-state index is 0.548. The summed E-state index contributed by atoms with van der Waals surface area (Å²) in [6.07, 6.45) is 1.85. The van der Waals surface area contributed by atoms with Crippen LogP contribution in [0.4, 0.5) is 0 Å². The van der Waals surface area contributed by atoms with Crippen molar-refractivity contribution >= 4 is 23.0 Å². The second-order valence-corrected chi connectivity index (χ2v) is 7.28. The standard InChI is InChI=1S/C25H18N2OS/c1-28-23-13-7-18(8-14-23)15-22(16-26)25-27-24(17-29-25)21-11-9-20(10-12-21)19-5-3-2-4-6-19/h2-15,17H,1H3/b22-15+. The summed E-state index contributed by atoms with van der Waals surface area (Å²) < 4.78 is 5.18. The summed E-state index contributed by atoms with van der Waals surface area (Å²) in [5, 5.41) is 12.3. The van der Waals surface area contributed by atoms with Gasteiger partial charge in [-0.25, -0.2) is 4.98 Å². The van der Waals surface area contributed by atoms with E-state index >= 15 is 0 Å². The lowest BCUT2D eigenvalue weighted by Gasteiger charge is -2.03. The van der Waals surface area contributed by atoms with Crippen LogP contribution >= 0.6 is 11.3 Å². The molecule has 0 saturated carbocycles. The van der Waals surface area contributed by atoms with Crippen LogP contribution < -0.4 is 4.74 Å². The number of nitriles is 1. The summed E-state index contributed by atoms with van der Waals surface area (Å²) in [6.45, 7) is 0. The van der Waals surface area contributed by atoms with Crippen molar-refractivity contribution in [1.29, 1.82) is 5.26 Å². The average molecular weight is 394 g/mol. The van der Waals surface area contributed by atoms with Crippen LogP contribution in [0, 0.1) is 11.3 Å². The van der Waals surface area contributed by atoms with Gasteiger partial charge in [0.2, 0.25) is 0 Å². The molecule has 0 aliphatic rings. The molecule has 0 aliphatic heterocycles. The molecule has 0 unspecified atom stereocenters. The predicted molar refractivity (Wildman–Crippen MR) is 119 cm³/mol. The van der Waals surface area contributed by atoms with Crippen molar-refractivity contribution in [1.82, 2.24) is 4.98 Å². The van der Waals surface area contributed by atoms with Crippen molar-refractivity contribution in [2.45, 2.75) is 0 Å². The van der Waals surface area contributed by atoms with E-state index in [1.165, 1.54) is 22.5 Å². The Kier molecular flexibility index (Phi) is 5.51. The summed E-state index contributed by atoms with van der Waals surface area (Å²) in [4.78, 5) is 4.69. The second kappa shape index (κ2) is 8.55. The zero-order valence-electron chi connectivity index (χ0n) is 15.9. The first-order chi connectivity index (χ1) is 14.3. The molecule has 0 amide bonds. The molecule has 3 nitrogen and oxygen atoms in total. The fraction of sp³-hybridized carbons (Fsp3) is 0.0400. The quantitative estimate of drug-likeness (QED) is 0.361. The van der Waals surface area contributed by atoms with Gasteiger partial charge in [0.15, 0.2) is 0 Å². The largest absolute Gasteiger partial charge is 0.497 e. The number of thiazole rings is 1. The van der Waals surface area contributed by atoms with Crippen LogP contribution in [0.5, 0.6) is 5.75 Å². The number of allylic oxidation sites excluding steroid dienone is 1. The number of ether oxygens (including phenoxy) is 1. The number of nitrogens with zero attached hydrogens (tertiary/aromatic N) is 2. The van der Waals surface area contributed by atoms with Crippen LogP contribution in [0.25, 0.3) is 34.0 Å². The fourth-order valence-corrected chi connectivity index (χ4v) is 3.80. The van der Waals surface area contributed by atoms with E-state index < -0.39 is 0 Å². The van der Waals surface area contributed by atoms with Gasteiger partial charge in [-0.05, 0) is 34.9 Å². The van der Waals surface area contributed by atoms with Crippen LogP contribution in [-0.2, 0) is 0 Å². The Balaban J connectivity index is 1.58. The molecule has 140 valence electrons. The van der Waals surface area contributed by atoms with E-state index in [9.17, 15) is 5.26 Å². The molecule has 4 rings (SSSR count). The lowest BCUT2D eigenvalue weighted by atomic mass is 10.0. The normalized spacial score (nSPS) is 11.1. The molecule has 0 aliphatic carbocycles. The van der Waals surface area contributed by atoms with Crippen LogP contribution in [0.15, 0.2) is 84.2 Å². The first kappa shape index (κ1) is 18.7. The van der Waals surface area contributed by atoms with Crippen LogP contribution in [0.3, 0.4) is 0 Å². The highest BCUT2D eigenvalue weighted by atomic mass is 32.1. The van der Waals surface area contributed by atoms with Gasteiger partial charge in [-0.2, -0.15) is 5.26 Å². The molecule has 29 heavy (non-hydrogen) atoms. The van der Waals surface area contributed by atoms with E-state index in [1.54, 1.807) is 7.11 Å². The topological polar surface area (TPSA) is 45.9 Å². The third kappa shape index (κ3) is 4.26. The average Bonchev–Trinajstić information content (AvgIpc) is 3.29. The van der Waals surface area contributed by atoms with Crippen LogP contribution in [0.1, 0.15) is 10.6 Å². The SMILES string of the molecule is COc1ccc(/C=C(\C#N)c2nc(-c3ccc(-c4ccccc4)cc3)cs2)cc1. The van der Waals surface area contributed by atoms with E-state index in [0.29, 0.717) is 10.6 Å². The monoisotopic (exact) mass is 394 g/mol. The maximum Gasteiger partial charge on any atom is 0.134 e. The Labute approximate surface area is 174 Å². The Bertz CT molecular complexity index is 1170. The first-order valence-electron chi connectivity index (χ1n) is 9.14. The number of benzene rings is 3. The van der Waals surface area contributed by atoms with Gasteiger partial charge >= 0.3 is 0 Å². The number of hydrogen-bond acceptors (Lipinski definition) is 4. The Morgan fingerprint density at radius 3 is 2.21 bits per heavy atom. The van der Waals surface area contributed by atoms with Crippen molar-refractivity contribution in [2.24, 2.45) is 0 Å². The molecular weight excluding hydrogens is 376 g/mol. The highest BCUT2D eigenvalue weighted by molar-refractivity contribution is 7.11. The molecule has 4 aromatic rings. The third-order valence-electron chi connectivity index (χ3n) is 4.57. The van der Waals surface area contributed by atoms with Gasteiger partial charge in [-0.15, -0.1) is 11.3 Å². The molecular formula is C25H18N2OS. The maximum atomic E-state index is 9.61. The van der Waals surface area contributed by atoms with Gasteiger partial charge in [0.25, 0.3) is 0 Å². The zero-order chi connectivity index (χ0) is 20.1. The molecule has 1 aromatic heterocycles. The number of methoxy groups -OCH3 is 1. The molecule has 0 fully saturated rings. The van der Waals surface area contributed by atoms with Crippen LogP contribution in [-0.4, -0.2) is 12.1 Å². The Morgan fingerprint density at radius 2 is 1.55 bits per heavy atom. The summed E-state index contributed by atoms with van der Waals surface area (Å²) >= 11 is 1.48. The first-order valence-corrected chi connectivity index (χ1v) is 10.0. The molecule has 0 atom stereocenters. The summed E-state index contributed by atoms with van der Waals surface area (Å²) in [5.41, 5.74) is 5.75. The van der Waals surface area contributed by atoms with Gasteiger partial charge in [0.05, 0.1) is 18.4 Å². The van der Waals surface area contributed by atoms with Crippen molar-refractivity contribution in [3.8, 4) is 34.2 Å². The Morgan fingerprint density at radius 1 is 0.897 bits per heavy atom. The molecule has 0 bridgehead atoms. The van der Waals surface area contributed by atoms with E-state index in [4.69, 9.17) is 4.74 Å². The Hall–Kier alpha value is -3.68. The highest BCUT2D eigenvalue weighted by Gasteiger charge is 2.09. The minimum Gasteiger partial charge on any atom is -0.497 e. The van der Waals surface area contributed by atoms with Gasteiger partial charge in [0, 0.05) is 10.9 Å². The third-order valence-corrected chi connectivity index (χ3v) is 5.45. The van der Waals surface area contributed by atoms with Gasteiger partial charge < -0.3 is 4.74 Å². The minimum atomic E-state index is 0.548. The molecule has 0 N–H and O–H groups in total. The lowest BCUT2D eigenvalue weighted by molar-refractivity contribution is 0.415. The molecule has 0 saturated heterocycles. The summed E-state index contributed by atoms with van der Waals surface area (Å²) in [5.74, 6) is 0.788. The fourth-order valence-electron chi connectivity index (χ4n) is 3.00. The van der Waals surface area contributed by atoms with Gasteiger partial charge in [0.1, 0.15) is 16.8 Å². The number of aromatic nitrogens is 1. The van der Waals surface area contributed by atoms with Crippen molar-refractivity contribution in [3.63, 3.8) is 0 Å². The smallest absolute Gasteiger partial charge is 0.134 e. The van der Waals surface area contributed by atoms with E-state index in [1.807, 2.05) is 53.9 Å². The molecule has 0 radical (unpaired) electrons. The van der Waals surface area contributed by atoms with E-state index in [-0.39, 0.29) is 0 Å². The molecule has 3 aromatic carbocycles. The summed E-state index contributed by atoms with van der Waals surface area (Å²) in [6, 6.07) is 28.5. The lowest BCUT2D eigenvalue weighted by Crippen LogP contribution is -1.85. The van der Waals surface area contributed by atoms with Crippen LogP contribution in [0.2, 0.25) is 0 Å². The van der Waals surface area contributed by atoms with Gasteiger partial charge in [-0.3, -0.25) is 0 Å². The van der Waals surface area contributed by atoms with Crippen molar-refractivity contribution in [3.05, 3.63) is 94.8 Å². The van der Waals surface area contributed by atoms with E-state index in [2.05, 4.69) is 47.5 Å². The highest BCUT2D eigenvalue weighted by Crippen LogP contribution is 2.29. The van der Waals surface area contributed by atoms with Crippen molar-refractivity contribution < 1.29 is 4.74 Å². The van der Waals surface area contributed by atoms with Gasteiger partial charge in [-0.1, -0.05) is 66.7 Å². The molecule has 1 heterocycles. The predicted octanol–water partition coefficient (Wildman–Crippen LogP) is 6.55. The maximum absolute atomic E-state index is 9.61. The number of hydrogen-bond donors (Lipinski definition) is 0. The van der Waals surface area contributed by atoms with E-state index in [0.717, 1.165) is 22.6 Å². The molecule has 4 heteroatoms. The summed E-state index contributed by atoms with van der Waals surface area (Å²) in [7, 11) is 1.63. The van der Waals surface area contributed by atoms with Crippen molar-refractivity contribution in [2.75, 3.05) is 7.11 Å². The second-order valence-electron chi connectivity index (χ2n) is 6.42.